The monoisotopic (exact) mass is 260 g/mol. The van der Waals surface area contributed by atoms with Crippen molar-refractivity contribution >= 4 is 11.6 Å². The summed E-state index contributed by atoms with van der Waals surface area (Å²) >= 11 is 6.27. The van der Waals surface area contributed by atoms with Gasteiger partial charge in [0.2, 0.25) is 0 Å². The molecule has 1 aromatic rings. The SMILES string of the molecule is CCOCC(Cc1c(Cl)c(CC)nn1C)NN. The van der Waals surface area contributed by atoms with Gasteiger partial charge in [0.25, 0.3) is 0 Å². The molecule has 0 aromatic carbocycles. The maximum atomic E-state index is 6.27. The second-order valence-electron chi connectivity index (χ2n) is 3.91. The molecule has 1 heterocycles. The lowest BCUT2D eigenvalue weighted by Gasteiger charge is -2.15. The number of hydrogen-bond acceptors (Lipinski definition) is 4. The van der Waals surface area contributed by atoms with Gasteiger partial charge in [-0.15, -0.1) is 0 Å². The molecule has 98 valence electrons. The van der Waals surface area contributed by atoms with Crippen LogP contribution in [0, 0.1) is 0 Å². The molecule has 0 amide bonds. The Morgan fingerprint density at radius 3 is 2.71 bits per heavy atom. The Labute approximate surface area is 107 Å². The summed E-state index contributed by atoms with van der Waals surface area (Å²) in [4.78, 5) is 0. The zero-order valence-electron chi connectivity index (χ0n) is 10.7. The quantitative estimate of drug-likeness (QED) is 0.568. The fourth-order valence-electron chi connectivity index (χ4n) is 1.70. The fraction of sp³-hybridized carbons (Fsp3) is 0.727. The number of nitrogens with two attached hydrogens (primary N) is 1. The molecule has 1 unspecified atom stereocenters. The lowest BCUT2D eigenvalue weighted by atomic mass is 10.1. The standard InChI is InChI=1S/C11H21ClN4O/c1-4-9-11(12)10(16(3)15-9)6-8(14-13)7-17-5-2/h8,14H,4-7,13H2,1-3H3. The molecule has 0 bridgehead atoms. The Hall–Kier alpha value is -0.620. The van der Waals surface area contributed by atoms with Crippen LogP contribution in [0.15, 0.2) is 0 Å². The minimum absolute atomic E-state index is 0.0487. The fourth-order valence-corrected chi connectivity index (χ4v) is 2.07. The molecule has 1 rings (SSSR count). The van der Waals surface area contributed by atoms with Gasteiger partial charge in [0.1, 0.15) is 0 Å². The number of hydrazine groups is 1. The number of halogens is 1. The minimum Gasteiger partial charge on any atom is -0.380 e. The Morgan fingerprint density at radius 1 is 1.53 bits per heavy atom. The predicted molar refractivity (Wildman–Crippen MR) is 68.9 cm³/mol. The molecule has 6 heteroatoms. The normalized spacial score (nSPS) is 13.0. The topological polar surface area (TPSA) is 65.1 Å². The van der Waals surface area contributed by atoms with Gasteiger partial charge >= 0.3 is 0 Å². The van der Waals surface area contributed by atoms with Crippen LogP contribution in [0.25, 0.3) is 0 Å². The van der Waals surface area contributed by atoms with Crippen molar-refractivity contribution in [3.8, 4) is 0 Å². The molecule has 0 saturated carbocycles. The van der Waals surface area contributed by atoms with E-state index in [9.17, 15) is 0 Å². The number of aromatic nitrogens is 2. The van der Waals surface area contributed by atoms with Crippen LogP contribution in [0.5, 0.6) is 0 Å². The Balaban J connectivity index is 2.75. The third-order valence-corrected chi connectivity index (χ3v) is 3.14. The second-order valence-corrected chi connectivity index (χ2v) is 4.29. The molecule has 0 fully saturated rings. The summed E-state index contributed by atoms with van der Waals surface area (Å²) in [5, 5.41) is 5.11. The van der Waals surface area contributed by atoms with Crippen LogP contribution in [0.3, 0.4) is 0 Å². The first-order valence-electron chi connectivity index (χ1n) is 5.88. The smallest absolute Gasteiger partial charge is 0.0850 e. The molecule has 0 saturated heterocycles. The highest BCUT2D eigenvalue weighted by Crippen LogP contribution is 2.21. The molecule has 1 atom stereocenters. The Morgan fingerprint density at radius 2 is 2.24 bits per heavy atom. The van der Waals surface area contributed by atoms with Gasteiger partial charge in [-0.3, -0.25) is 16.0 Å². The lowest BCUT2D eigenvalue weighted by Crippen LogP contribution is -2.40. The zero-order valence-corrected chi connectivity index (χ0v) is 11.4. The molecule has 0 aliphatic heterocycles. The van der Waals surface area contributed by atoms with Crippen molar-refractivity contribution < 1.29 is 4.74 Å². The predicted octanol–water partition coefficient (Wildman–Crippen LogP) is 1.05. The summed E-state index contributed by atoms with van der Waals surface area (Å²) in [6, 6.07) is 0.0487. The van der Waals surface area contributed by atoms with Crippen molar-refractivity contribution in [3.63, 3.8) is 0 Å². The van der Waals surface area contributed by atoms with Crippen molar-refractivity contribution in [3.05, 3.63) is 16.4 Å². The number of rotatable bonds is 7. The van der Waals surface area contributed by atoms with Gasteiger partial charge in [0, 0.05) is 26.1 Å². The van der Waals surface area contributed by atoms with Gasteiger partial charge in [-0.25, -0.2) is 0 Å². The van der Waals surface area contributed by atoms with Gasteiger partial charge < -0.3 is 4.74 Å². The van der Waals surface area contributed by atoms with Crippen LogP contribution in [-0.4, -0.2) is 29.0 Å². The second kappa shape index (κ2) is 6.96. The van der Waals surface area contributed by atoms with Crippen LogP contribution >= 0.6 is 11.6 Å². The highest BCUT2D eigenvalue weighted by atomic mass is 35.5. The maximum Gasteiger partial charge on any atom is 0.0850 e. The van der Waals surface area contributed by atoms with E-state index in [0.717, 1.165) is 22.8 Å². The Kier molecular flexibility index (Phi) is 5.91. The van der Waals surface area contributed by atoms with Crippen LogP contribution in [0.1, 0.15) is 25.2 Å². The lowest BCUT2D eigenvalue weighted by molar-refractivity contribution is 0.122. The van der Waals surface area contributed by atoms with Crippen molar-refractivity contribution in [2.45, 2.75) is 32.7 Å². The first-order valence-corrected chi connectivity index (χ1v) is 6.25. The van der Waals surface area contributed by atoms with Crippen LogP contribution in [-0.2, 0) is 24.6 Å². The summed E-state index contributed by atoms with van der Waals surface area (Å²) in [6.07, 6.45) is 1.54. The van der Waals surface area contributed by atoms with E-state index in [1.165, 1.54) is 0 Å². The van der Waals surface area contributed by atoms with Crippen molar-refractivity contribution in [1.82, 2.24) is 15.2 Å². The van der Waals surface area contributed by atoms with E-state index in [4.69, 9.17) is 22.2 Å². The third kappa shape index (κ3) is 3.67. The first-order chi connectivity index (χ1) is 8.13. The summed E-state index contributed by atoms with van der Waals surface area (Å²) in [6.45, 7) is 5.24. The molecule has 0 aliphatic carbocycles. The van der Waals surface area contributed by atoms with Gasteiger partial charge in [-0.2, -0.15) is 5.10 Å². The van der Waals surface area contributed by atoms with E-state index in [1.807, 2.05) is 25.6 Å². The summed E-state index contributed by atoms with van der Waals surface area (Å²) in [5.41, 5.74) is 4.66. The highest BCUT2D eigenvalue weighted by Gasteiger charge is 2.17. The van der Waals surface area contributed by atoms with E-state index in [1.54, 1.807) is 0 Å². The molecule has 0 radical (unpaired) electrons. The average Bonchev–Trinajstić information content (AvgIpc) is 2.60. The number of nitrogens with zero attached hydrogens (tertiary/aromatic N) is 2. The third-order valence-electron chi connectivity index (χ3n) is 2.70. The van der Waals surface area contributed by atoms with Crippen molar-refractivity contribution in [1.29, 1.82) is 0 Å². The summed E-state index contributed by atoms with van der Waals surface area (Å²) in [7, 11) is 1.90. The van der Waals surface area contributed by atoms with E-state index in [0.29, 0.717) is 19.6 Å². The molecule has 17 heavy (non-hydrogen) atoms. The van der Waals surface area contributed by atoms with Gasteiger partial charge in [0.15, 0.2) is 0 Å². The van der Waals surface area contributed by atoms with Crippen molar-refractivity contribution in [2.24, 2.45) is 12.9 Å². The number of ether oxygens (including phenoxy) is 1. The molecule has 0 spiro atoms. The molecular formula is C11H21ClN4O. The molecule has 1 aromatic heterocycles. The highest BCUT2D eigenvalue weighted by molar-refractivity contribution is 6.31. The van der Waals surface area contributed by atoms with Crippen LogP contribution in [0.2, 0.25) is 5.02 Å². The number of nitrogens with one attached hydrogen (secondary N) is 1. The Bertz CT molecular complexity index is 353. The molecular weight excluding hydrogens is 240 g/mol. The van der Waals surface area contributed by atoms with Crippen LogP contribution in [0.4, 0.5) is 0 Å². The largest absolute Gasteiger partial charge is 0.380 e. The first kappa shape index (κ1) is 14.4. The van der Waals surface area contributed by atoms with Gasteiger partial charge in [-0.05, 0) is 13.3 Å². The number of aryl methyl sites for hydroxylation is 2. The van der Waals surface area contributed by atoms with Crippen molar-refractivity contribution in [2.75, 3.05) is 13.2 Å². The summed E-state index contributed by atoms with van der Waals surface area (Å²) < 4.78 is 7.17. The molecule has 0 aliphatic rings. The van der Waals surface area contributed by atoms with Gasteiger partial charge in [-0.1, -0.05) is 18.5 Å². The van der Waals surface area contributed by atoms with Crippen LogP contribution < -0.4 is 11.3 Å². The van der Waals surface area contributed by atoms with E-state index >= 15 is 0 Å². The van der Waals surface area contributed by atoms with E-state index in [-0.39, 0.29) is 6.04 Å². The zero-order chi connectivity index (χ0) is 12.8. The minimum atomic E-state index is 0.0487. The van der Waals surface area contributed by atoms with E-state index in [2.05, 4.69) is 10.5 Å². The van der Waals surface area contributed by atoms with E-state index < -0.39 is 0 Å². The molecule has 3 N–H and O–H groups in total. The molecule has 5 nitrogen and oxygen atoms in total. The maximum absolute atomic E-state index is 6.27. The summed E-state index contributed by atoms with van der Waals surface area (Å²) in [5.74, 6) is 5.50. The average molecular weight is 261 g/mol. The number of hydrogen-bond donors (Lipinski definition) is 2. The van der Waals surface area contributed by atoms with Gasteiger partial charge in [0.05, 0.1) is 23.0 Å².